The van der Waals surface area contributed by atoms with Gasteiger partial charge in [-0.2, -0.15) is 0 Å². The predicted octanol–water partition coefficient (Wildman–Crippen LogP) is 1.95. The summed E-state index contributed by atoms with van der Waals surface area (Å²) in [6.45, 7) is 4.02. The third-order valence-corrected chi connectivity index (χ3v) is 4.42. The number of ether oxygens (including phenoxy) is 2. The molecule has 4 nitrogen and oxygen atoms in total. The van der Waals surface area contributed by atoms with E-state index >= 15 is 0 Å². The minimum atomic E-state index is 0.0591. The molecule has 2 aliphatic rings. The summed E-state index contributed by atoms with van der Waals surface area (Å²) in [6.07, 6.45) is 3.12. The molecule has 0 saturated carbocycles. The molecule has 2 fully saturated rings. The van der Waals surface area contributed by atoms with Crippen molar-refractivity contribution in [2.45, 2.75) is 44.1 Å². The van der Waals surface area contributed by atoms with Crippen molar-refractivity contribution in [1.82, 2.24) is 4.90 Å². The van der Waals surface area contributed by atoms with E-state index in [-0.39, 0.29) is 12.1 Å². The molecule has 1 aromatic carbocycles. The lowest BCUT2D eigenvalue weighted by molar-refractivity contribution is -0.0562. The minimum absolute atomic E-state index is 0.0591. The van der Waals surface area contributed by atoms with Crippen LogP contribution in [-0.2, 0) is 4.74 Å². The highest BCUT2D eigenvalue weighted by Gasteiger charge is 2.38. The molecule has 2 N–H and O–H groups in total. The summed E-state index contributed by atoms with van der Waals surface area (Å²) in [4.78, 5) is 2.48. The molecule has 0 aromatic heterocycles. The number of hydrogen-bond acceptors (Lipinski definition) is 4. The third-order valence-electron chi connectivity index (χ3n) is 4.42. The Balaban J connectivity index is 1.89. The maximum Gasteiger partial charge on any atom is 0.123 e. The van der Waals surface area contributed by atoms with E-state index in [1.165, 1.54) is 18.4 Å². The molecule has 2 bridgehead atoms. The van der Waals surface area contributed by atoms with Gasteiger partial charge in [-0.1, -0.05) is 18.2 Å². The maximum absolute atomic E-state index is 6.30. The van der Waals surface area contributed by atoms with Crippen molar-refractivity contribution in [3.63, 3.8) is 0 Å². The van der Waals surface area contributed by atoms with Crippen molar-refractivity contribution in [3.05, 3.63) is 29.8 Å². The Labute approximate surface area is 120 Å². The Morgan fingerprint density at radius 2 is 1.90 bits per heavy atom. The molecule has 0 aliphatic carbocycles. The fraction of sp³-hybridized carbons (Fsp3) is 0.625. The lowest BCUT2D eigenvalue weighted by Gasteiger charge is -2.40. The highest BCUT2D eigenvalue weighted by atomic mass is 16.5. The Kier molecular flexibility index (Phi) is 3.96. The van der Waals surface area contributed by atoms with Crippen molar-refractivity contribution in [3.8, 4) is 5.75 Å². The summed E-state index contributed by atoms with van der Waals surface area (Å²) in [5.41, 5.74) is 7.48. The van der Waals surface area contributed by atoms with E-state index in [2.05, 4.69) is 24.0 Å². The standard InChI is InChI=1S/C16H24N2O2/c1-11(17)16(14-5-3-4-6-15(14)19-2)18-9-12-7-8-13(10-18)20-12/h3-6,11-13,16H,7-10,17H2,1-2H3. The van der Waals surface area contributed by atoms with Crippen LogP contribution in [0.15, 0.2) is 24.3 Å². The van der Waals surface area contributed by atoms with Crippen LogP contribution in [0.1, 0.15) is 31.4 Å². The summed E-state index contributed by atoms with van der Waals surface area (Å²) in [6, 6.07) is 8.46. The second-order valence-corrected chi connectivity index (χ2v) is 5.96. The van der Waals surface area contributed by atoms with Gasteiger partial charge in [-0.05, 0) is 25.8 Å². The Morgan fingerprint density at radius 1 is 1.25 bits per heavy atom. The first-order valence-electron chi connectivity index (χ1n) is 7.47. The van der Waals surface area contributed by atoms with Crippen LogP contribution < -0.4 is 10.5 Å². The molecule has 20 heavy (non-hydrogen) atoms. The van der Waals surface area contributed by atoms with Gasteiger partial charge in [0.15, 0.2) is 0 Å². The second-order valence-electron chi connectivity index (χ2n) is 5.96. The zero-order valence-corrected chi connectivity index (χ0v) is 12.3. The topological polar surface area (TPSA) is 47.7 Å². The first kappa shape index (κ1) is 13.9. The van der Waals surface area contributed by atoms with E-state index < -0.39 is 0 Å². The van der Waals surface area contributed by atoms with Gasteiger partial charge in [-0.25, -0.2) is 0 Å². The van der Waals surface area contributed by atoms with Gasteiger partial charge in [0.1, 0.15) is 5.75 Å². The third kappa shape index (κ3) is 2.55. The Hall–Kier alpha value is -1.10. The highest BCUT2D eigenvalue weighted by Crippen LogP contribution is 2.36. The largest absolute Gasteiger partial charge is 0.496 e. The number of nitrogens with two attached hydrogens (primary N) is 1. The van der Waals surface area contributed by atoms with E-state index in [0.717, 1.165) is 18.8 Å². The number of fused-ring (bicyclic) bond motifs is 2. The summed E-state index contributed by atoms with van der Waals surface area (Å²) >= 11 is 0. The van der Waals surface area contributed by atoms with Crippen molar-refractivity contribution in [2.75, 3.05) is 20.2 Å². The van der Waals surface area contributed by atoms with Crippen LogP contribution >= 0.6 is 0 Å². The van der Waals surface area contributed by atoms with Crippen LogP contribution in [0.3, 0.4) is 0 Å². The normalized spacial score (nSPS) is 29.1. The Bertz CT molecular complexity index is 452. The van der Waals surface area contributed by atoms with Gasteiger partial charge in [-0.3, -0.25) is 4.90 Å². The SMILES string of the molecule is COc1ccccc1C(C(C)N)N1CC2CCC(C1)O2. The molecule has 2 heterocycles. The molecule has 0 amide bonds. The van der Waals surface area contributed by atoms with Gasteiger partial charge < -0.3 is 15.2 Å². The fourth-order valence-corrected chi connectivity index (χ4v) is 3.60. The number of nitrogens with zero attached hydrogens (tertiary/aromatic N) is 1. The number of likely N-dealkylation sites (tertiary alicyclic amines) is 1. The van der Waals surface area contributed by atoms with Gasteiger partial charge in [0, 0.05) is 24.7 Å². The molecule has 4 unspecified atom stereocenters. The molecule has 2 aliphatic heterocycles. The van der Waals surface area contributed by atoms with E-state index in [0.29, 0.717) is 12.2 Å². The van der Waals surface area contributed by atoms with Crippen LogP contribution in [-0.4, -0.2) is 43.3 Å². The zero-order chi connectivity index (χ0) is 14.1. The number of morpholine rings is 1. The van der Waals surface area contributed by atoms with Crippen LogP contribution in [0.4, 0.5) is 0 Å². The van der Waals surface area contributed by atoms with Crippen molar-refractivity contribution < 1.29 is 9.47 Å². The van der Waals surface area contributed by atoms with E-state index in [9.17, 15) is 0 Å². The first-order valence-corrected chi connectivity index (χ1v) is 7.47. The number of benzene rings is 1. The number of methoxy groups -OCH3 is 1. The van der Waals surface area contributed by atoms with Crippen molar-refractivity contribution in [1.29, 1.82) is 0 Å². The lowest BCUT2D eigenvalue weighted by atomic mass is 9.97. The van der Waals surface area contributed by atoms with Gasteiger partial charge in [-0.15, -0.1) is 0 Å². The highest BCUT2D eigenvalue weighted by molar-refractivity contribution is 5.37. The molecule has 4 atom stereocenters. The minimum Gasteiger partial charge on any atom is -0.496 e. The number of rotatable bonds is 4. The average Bonchev–Trinajstić information content (AvgIpc) is 2.78. The smallest absolute Gasteiger partial charge is 0.123 e. The quantitative estimate of drug-likeness (QED) is 0.913. The summed E-state index contributed by atoms with van der Waals surface area (Å²) in [5, 5.41) is 0. The fourth-order valence-electron chi connectivity index (χ4n) is 3.60. The van der Waals surface area contributed by atoms with Gasteiger partial charge in [0.25, 0.3) is 0 Å². The summed E-state index contributed by atoms with van der Waals surface area (Å²) < 4.78 is 11.5. The van der Waals surface area contributed by atoms with Crippen LogP contribution in [0.2, 0.25) is 0 Å². The molecule has 0 spiro atoms. The van der Waals surface area contributed by atoms with Crippen molar-refractivity contribution >= 4 is 0 Å². The first-order chi connectivity index (χ1) is 9.69. The zero-order valence-electron chi connectivity index (χ0n) is 12.3. The molecule has 110 valence electrons. The second kappa shape index (κ2) is 5.72. The van der Waals surface area contributed by atoms with E-state index in [1.807, 2.05) is 12.1 Å². The Morgan fingerprint density at radius 3 is 2.50 bits per heavy atom. The summed E-state index contributed by atoms with van der Waals surface area (Å²) in [7, 11) is 1.72. The predicted molar refractivity (Wildman–Crippen MR) is 78.9 cm³/mol. The lowest BCUT2D eigenvalue weighted by Crippen LogP contribution is -2.49. The molecular formula is C16H24N2O2. The van der Waals surface area contributed by atoms with Crippen LogP contribution in [0.25, 0.3) is 0 Å². The van der Waals surface area contributed by atoms with Gasteiger partial charge in [0.2, 0.25) is 0 Å². The van der Waals surface area contributed by atoms with Crippen LogP contribution in [0.5, 0.6) is 5.75 Å². The van der Waals surface area contributed by atoms with Crippen molar-refractivity contribution in [2.24, 2.45) is 5.73 Å². The average molecular weight is 276 g/mol. The van der Waals surface area contributed by atoms with E-state index in [4.69, 9.17) is 15.2 Å². The number of para-hydroxylation sites is 1. The van der Waals surface area contributed by atoms with Crippen LogP contribution in [0, 0.1) is 0 Å². The van der Waals surface area contributed by atoms with Gasteiger partial charge in [0.05, 0.1) is 25.4 Å². The van der Waals surface area contributed by atoms with E-state index in [1.54, 1.807) is 7.11 Å². The monoisotopic (exact) mass is 276 g/mol. The maximum atomic E-state index is 6.30. The molecular weight excluding hydrogens is 252 g/mol. The number of hydrogen-bond donors (Lipinski definition) is 1. The molecule has 2 saturated heterocycles. The summed E-state index contributed by atoms with van der Waals surface area (Å²) in [5.74, 6) is 0.925. The van der Waals surface area contributed by atoms with Gasteiger partial charge >= 0.3 is 0 Å². The molecule has 1 aromatic rings. The molecule has 0 radical (unpaired) electrons. The molecule has 4 heteroatoms. The molecule has 3 rings (SSSR count).